The summed E-state index contributed by atoms with van der Waals surface area (Å²) in [6, 6.07) is 0. The summed E-state index contributed by atoms with van der Waals surface area (Å²) in [5, 5.41) is 10.7. The normalized spacial score (nSPS) is 56.1. The number of fused-ring (bicyclic) bond motifs is 7. The molecule has 5 rings (SSSR count). The number of hydrogen-bond donors (Lipinski definition) is 1. The first-order valence-corrected chi connectivity index (χ1v) is 13.5. The second kappa shape index (κ2) is 6.61. The fourth-order valence-electron chi connectivity index (χ4n) is 11.0. The summed E-state index contributed by atoms with van der Waals surface area (Å²) in [5.74, 6) is 2.65. The predicted octanol–water partition coefficient (Wildman–Crippen LogP) is 7.18. The summed E-state index contributed by atoms with van der Waals surface area (Å²) in [5.41, 5.74) is 1.87. The third-order valence-corrected chi connectivity index (χ3v) is 13.0. The number of rotatable bonds is 1. The van der Waals surface area contributed by atoms with E-state index in [0.29, 0.717) is 45.9 Å². The van der Waals surface area contributed by atoms with Crippen LogP contribution in [0.2, 0.25) is 0 Å². The Kier molecular flexibility index (Phi) is 4.78. The molecule has 2 heteroatoms. The quantitative estimate of drug-likeness (QED) is 0.480. The van der Waals surface area contributed by atoms with Crippen LogP contribution >= 0.6 is 0 Å². The van der Waals surface area contributed by atoms with Crippen LogP contribution in [-0.4, -0.2) is 17.5 Å². The van der Waals surface area contributed by atoms with E-state index in [9.17, 15) is 9.90 Å². The van der Waals surface area contributed by atoms with Crippen LogP contribution in [0.3, 0.4) is 0 Å². The highest BCUT2D eigenvalue weighted by Gasteiger charge is 2.70. The standard InChI is InChI=1S/C29H48O2/c1-24(2)11-15-29(19-30)16-14-27(5)22-9-10-25(3)17-20(31)7-8-21(25)26(22,4)12-13-28(27,6)23(29)18-24/h21-23,30H,7-19H2,1-6H3/t21-,22+,23-,25-,26+,27-,28+,29-/m1/s1. The molecule has 0 spiro atoms. The summed E-state index contributed by atoms with van der Waals surface area (Å²) in [4.78, 5) is 12.4. The monoisotopic (exact) mass is 428 g/mol. The summed E-state index contributed by atoms with van der Waals surface area (Å²) in [6.07, 6.45) is 14.3. The van der Waals surface area contributed by atoms with E-state index >= 15 is 0 Å². The lowest BCUT2D eigenvalue weighted by Gasteiger charge is -2.74. The van der Waals surface area contributed by atoms with Crippen molar-refractivity contribution in [3.8, 4) is 0 Å². The van der Waals surface area contributed by atoms with E-state index in [1.165, 1.54) is 57.8 Å². The van der Waals surface area contributed by atoms with Gasteiger partial charge in [0.15, 0.2) is 0 Å². The first-order valence-electron chi connectivity index (χ1n) is 13.5. The fourth-order valence-corrected chi connectivity index (χ4v) is 11.0. The van der Waals surface area contributed by atoms with Crippen molar-refractivity contribution in [1.82, 2.24) is 0 Å². The zero-order valence-electron chi connectivity index (χ0n) is 21.3. The highest BCUT2D eigenvalue weighted by atomic mass is 16.3. The number of hydrogen-bond acceptors (Lipinski definition) is 2. The molecule has 0 amide bonds. The van der Waals surface area contributed by atoms with Crippen LogP contribution in [0.15, 0.2) is 0 Å². The topological polar surface area (TPSA) is 37.3 Å². The van der Waals surface area contributed by atoms with Crippen molar-refractivity contribution >= 4 is 5.78 Å². The van der Waals surface area contributed by atoms with E-state index in [1.54, 1.807) is 0 Å². The fraction of sp³-hybridized carbons (Fsp3) is 0.966. The van der Waals surface area contributed by atoms with Crippen molar-refractivity contribution in [1.29, 1.82) is 0 Å². The summed E-state index contributed by atoms with van der Waals surface area (Å²) in [6.45, 7) is 15.8. The van der Waals surface area contributed by atoms with Crippen LogP contribution < -0.4 is 0 Å². The maximum absolute atomic E-state index is 12.4. The van der Waals surface area contributed by atoms with Crippen LogP contribution in [-0.2, 0) is 4.79 Å². The minimum Gasteiger partial charge on any atom is -0.396 e. The van der Waals surface area contributed by atoms with E-state index in [2.05, 4.69) is 41.5 Å². The number of aliphatic hydroxyl groups excluding tert-OH is 1. The lowest BCUT2D eigenvalue weighted by Crippen LogP contribution is -2.67. The minimum absolute atomic E-state index is 0.165. The first kappa shape index (κ1) is 22.4. The van der Waals surface area contributed by atoms with Gasteiger partial charge >= 0.3 is 0 Å². The van der Waals surface area contributed by atoms with Gasteiger partial charge in [-0.1, -0.05) is 41.5 Å². The maximum Gasteiger partial charge on any atom is 0.133 e. The average Bonchev–Trinajstić information content (AvgIpc) is 2.69. The molecule has 5 fully saturated rings. The molecular formula is C29H48O2. The van der Waals surface area contributed by atoms with Gasteiger partial charge in [0.1, 0.15) is 5.78 Å². The van der Waals surface area contributed by atoms with Gasteiger partial charge in [0.25, 0.3) is 0 Å². The molecule has 0 aliphatic heterocycles. The zero-order chi connectivity index (χ0) is 22.5. The molecule has 0 heterocycles. The molecule has 0 bridgehead atoms. The van der Waals surface area contributed by atoms with Gasteiger partial charge in [0, 0.05) is 19.4 Å². The Hall–Kier alpha value is -0.370. The van der Waals surface area contributed by atoms with Crippen LogP contribution in [0, 0.1) is 50.2 Å². The highest BCUT2D eigenvalue weighted by Crippen LogP contribution is 2.78. The van der Waals surface area contributed by atoms with Gasteiger partial charge in [-0.15, -0.1) is 0 Å². The molecule has 5 aliphatic rings. The molecule has 0 aromatic heterocycles. The minimum atomic E-state index is 0.165. The Bertz CT molecular complexity index is 771. The van der Waals surface area contributed by atoms with Gasteiger partial charge in [-0.05, 0) is 114 Å². The van der Waals surface area contributed by atoms with Gasteiger partial charge in [-0.3, -0.25) is 4.79 Å². The average molecular weight is 429 g/mol. The predicted molar refractivity (Wildman–Crippen MR) is 127 cm³/mol. The Morgan fingerprint density at radius 3 is 2.13 bits per heavy atom. The second-order valence-corrected chi connectivity index (χ2v) is 14.8. The van der Waals surface area contributed by atoms with E-state index in [0.717, 1.165) is 25.2 Å². The SMILES string of the molecule is CC1(C)CC[C@]2(CO)CC[C@]3(C)[C@H]4CC[C@]5(C)CC(=O)CC[C@H]5[C@]4(C)CC[C@@]3(C)[C@H]2C1. The van der Waals surface area contributed by atoms with Crippen LogP contribution in [0.25, 0.3) is 0 Å². The molecule has 0 unspecified atom stereocenters. The van der Waals surface area contributed by atoms with Crippen LogP contribution in [0.1, 0.15) is 119 Å². The third-order valence-electron chi connectivity index (χ3n) is 13.0. The van der Waals surface area contributed by atoms with E-state index < -0.39 is 0 Å². The molecule has 2 nitrogen and oxygen atoms in total. The Morgan fingerprint density at radius 1 is 0.774 bits per heavy atom. The highest BCUT2D eigenvalue weighted by molar-refractivity contribution is 5.80. The molecule has 31 heavy (non-hydrogen) atoms. The Morgan fingerprint density at radius 2 is 1.42 bits per heavy atom. The molecule has 5 aliphatic carbocycles. The Balaban J connectivity index is 1.55. The van der Waals surface area contributed by atoms with E-state index in [4.69, 9.17) is 0 Å². The summed E-state index contributed by atoms with van der Waals surface area (Å²) < 4.78 is 0. The zero-order valence-corrected chi connectivity index (χ0v) is 21.3. The van der Waals surface area contributed by atoms with Crippen molar-refractivity contribution in [3.05, 3.63) is 0 Å². The van der Waals surface area contributed by atoms with Crippen LogP contribution in [0.5, 0.6) is 0 Å². The van der Waals surface area contributed by atoms with E-state index in [1.807, 2.05) is 0 Å². The molecule has 1 N–H and O–H groups in total. The second-order valence-electron chi connectivity index (χ2n) is 14.8. The van der Waals surface area contributed by atoms with Crippen molar-refractivity contribution in [2.24, 2.45) is 50.2 Å². The van der Waals surface area contributed by atoms with Crippen molar-refractivity contribution in [2.45, 2.75) is 119 Å². The molecule has 0 aromatic carbocycles. The van der Waals surface area contributed by atoms with Crippen molar-refractivity contribution < 1.29 is 9.90 Å². The van der Waals surface area contributed by atoms with Crippen molar-refractivity contribution in [3.63, 3.8) is 0 Å². The van der Waals surface area contributed by atoms with Gasteiger partial charge in [0.05, 0.1) is 0 Å². The molecule has 5 saturated carbocycles. The molecule has 0 aromatic rings. The van der Waals surface area contributed by atoms with Gasteiger partial charge in [-0.2, -0.15) is 0 Å². The van der Waals surface area contributed by atoms with Gasteiger partial charge < -0.3 is 5.11 Å². The molecular weight excluding hydrogens is 380 g/mol. The summed E-state index contributed by atoms with van der Waals surface area (Å²) >= 11 is 0. The van der Waals surface area contributed by atoms with Crippen LogP contribution in [0.4, 0.5) is 0 Å². The molecule has 0 radical (unpaired) electrons. The third kappa shape index (κ3) is 2.82. The lowest BCUT2D eigenvalue weighted by molar-refractivity contribution is -0.259. The number of aliphatic hydroxyl groups is 1. The number of ketones is 1. The number of carbonyl (C=O) groups is 1. The molecule has 8 atom stereocenters. The molecule has 176 valence electrons. The van der Waals surface area contributed by atoms with Crippen molar-refractivity contribution in [2.75, 3.05) is 6.61 Å². The summed E-state index contributed by atoms with van der Waals surface area (Å²) in [7, 11) is 0. The van der Waals surface area contributed by atoms with Gasteiger partial charge in [-0.25, -0.2) is 0 Å². The maximum atomic E-state index is 12.4. The smallest absolute Gasteiger partial charge is 0.133 e. The number of Topliss-reactive ketones (excluding diaryl/α,β-unsaturated/α-hetero) is 1. The largest absolute Gasteiger partial charge is 0.396 e. The molecule has 0 saturated heterocycles. The van der Waals surface area contributed by atoms with E-state index in [-0.39, 0.29) is 10.8 Å². The lowest BCUT2D eigenvalue weighted by atomic mass is 9.30. The first-order chi connectivity index (χ1) is 14.3. The number of carbonyl (C=O) groups excluding carboxylic acids is 1. The van der Waals surface area contributed by atoms with Gasteiger partial charge in [0.2, 0.25) is 0 Å². The Labute approximate surface area is 191 Å².